The van der Waals surface area contributed by atoms with Crippen molar-refractivity contribution in [2.24, 2.45) is 0 Å². The van der Waals surface area contributed by atoms with Gasteiger partial charge in [0.25, 0.3) is 0 Å². The topological polar surface area (TPSA) is 0 Å². The van der Waals surface area contributed by atoms with Crippen molar-refractivity contribution in [2.75, 3.05) is 0 Å². The molecule has 0 aliphatic carbocycles. The van der Waals surface area contributed by atoms with Crippen molar-refractivity contribution in [1.29, 1.82) is 0 Å². The maximum absolute atomic E-state index is 3.63. The monoisotopic (exact) mass is 244 g/mol. The fourth-order valence-electron chi connectivity index (χ4n) is 0.589. The van der Waals surface area contributed by atoms with E-state index in [4.69, 9.17) is 0 Å². The predicted octanol–water partition coefficient (Wildman–Crippen LogP) is 1.41. The molecule has 0 heterocycles. The van der Waals surface area contributed by atoms with E-state index in [2.05, 4.69) is 6.58 Å². The molecule has 9 heavy (non-hydrogen) atoms. The Balaban J connectivity index is 0.000000640. The second-order valence-electron chi connectivity index (χ2n) is 1.61. The molecular formula is C8H10Ba. The van der Waals surface area contributed by atoms with E-state index in [-0.39, 0.29) is 48.9 Å². The van der Waals surface area contributed by atoms with Crippen LogP contribution in [-0.2, 0) is 0 Å². The van der Waals surface area contributed by atoms with E-state index in [1.165, 1.54) is 5.56 Å². The van der Waals surface area contributed by atoms with Gasteiger partial charge in [-0.2, -0.15) is 0 Å². The summed E-state index contributed by atoms with van der Waals surface area (Å²) in [5.41, 5.74) is 1.17. The van der Waals surface area contributed by atoms with Gasteiger partial charge in [-0.3, -0.25) is 0 Å². The Bertz CT molecular complexity index is 167. The normalized spacial score (nSPS) is 7.56. The van der Waals surface area contributed by atoms with Crippen molar-refractivity contribution in [3.8, 4) is 0 Å². The summed E-state index contributed by atoms with van der Waals surface area (Å²) in [4.78, 5) is 0. The third kappa shape index (κ3) is 3.28. The van der Waals surface area contributed by atoms with Crippen LogP contribution in [0.25, 0.3) is 6.08 Å². The molecule has 0 aromatic heterocycles. The van der Waals surface area contributed by atoms with Crippen molar-refractivity contribution in [3.05, 3.63) is 42.5 Å². The molecule has 1 heteroatoms. The van der Waals surface area contributed by atoms with Gasteiger partial charge in [0.1, 0.15) is 0 Å². The molecule has 0 bridgehead atoms. The van der Waals surface area contributed by atoms with Crippen molar-refractivity contribution in [1.82, 2.24) is 0 Å². The molecule has 0 aliphatic heterocycles. The molecule has 0 N–H and O–H groups in total. The van der Waals surface area contributed by atoms with E-state index in [1.54, 1.807) is 0 Å². The Morgan fingerprint density at radius 3 is 2.00 bits per heavy atom. The maximum atomic E-state index is 3.63. The van der Waals surface area contributed by atoms with E-state index < -0.39 is 0 Å². The molecule has 0 unspecified atom stereocenters. The van der Waals surface area contributed by atoms with Crippen LogP contribution in [-0.4, -0.2) is 48.9 Å². The van der Waals surface area contributed by atoms with Crippen molar-refractivity contribution in [3.63, 3.8) is 0 Å². The zero-order valence-corrected chi connectivity index (χ0v) is 4.67. The summed E-state index contributed by atoms with van der Waals surface area (Å²) < 4.78 is 0. The summed E-state index contributed by atoms with van der Waals surface area (Å²) in [6.07, 6.45) is 1.83. The van der Waals surface area contributed by atoms with Gasteiger partial charge in [0.15, 0.2) is 0 Å². The summed E-state index contributed by atoms with van der Waals surface area (Å²) in [5, 5.41) is 0. The van der Waals surface area contributed by atoms with Gasteiger partial charge in [0, 0.05) is 0 Å². The summed E-state index contributed by atoms with van der Waals surface area (Å²) in [7, 11) is 0. The molecule has 0 saturated carbocycles. The first kappa shape index (κ1) is 9.53. The van der Waals surface area contributed by atoms with Crippen LogP contribution in [0.15, 0.2) is 36.9 Å². The van der Waals surface area contributed by atoms with Crippen LogP contribution >= 0.6 is 0 Å². The average molecular weight is 243 g/mol. The second kappa shape index (κ2) is 5.33. The van der Waals surface area contributed by atoms with Gasteiger partial charge in [-0.05, 0) is 5.56 Å². The van der Waals surface area contributed by atoms with Crippen LogP contribution in [0, 0.1) is 0 Å². The van der Waals surface area contributed by atoms with Gasteiger partial charge in [0.2, 0.25) is 0 Å². The molecule has 1 aromatic rings. The van der Waals surface area contributed by atoms with Crippen molar-refractivity contribution < 1.29 is 0 Å². The third-order valence-electron chi connectivity index (χ3n) is 1.04. The Kier molecular flexibility index (Phi) is 5.64. The summed E-state index contributed by atoms with van der Waals surface area (Å²) >= 11 is 0. The molecule has 1 rings (SSSR count). The van der Waals surface area contributed by atoms with Gasteiger partial charge in [-0.1, -0.05) is 43.0 Å². The number of hydrogen-bond acceptors (Lipinski definition) is 0. The zero-order valence-electron chi connectivity index (χ0n) is 4.67. The predicted molar refractivity (Wildman–Crippen MR) is 45.1 cm³/mol. The first-order valence-electron chi connectivity index (χ1n) is 2.61. The number of rotatable bonds is 1. The van der Waals surface area contributed by atoms with E-state index in [0.29, 0.717) is 0 Å². The molecule has 1 aromatic carbocycles. The summed E-state index contributed by atoms with van der Waals surface area (Å²) in [6.45, 7) is 3.63. The van der Waals surface area contributed by atoms with Gasteiger partial charge < -0.3 is 0 Å². The first-order chi connectivity index (χ1) is 3.93. The molecule has 0 spiro atoms. The van der Waals surface area contributed by atoms with Crippen LogP contribution in [0.3, 0.4) is 0 Å². The molecule has 0 radical (unpaired) electrons. The van der Waals surface area contributed by atoms with Gasteiger partial charge >= 0.3 is 48.9 Å². The van der Waals surface area contributed by atoms with E-state index in [0.717, 1.165) is 0 Å². The molecule has 0 aliphatic rings. The standard InChI is InChI=1S/C8H8.Ba.2H/c1-2-8-6-4-3-5-7-8;;;/h2-7H,1H2;;;. The fraction of sp³-hybridized carbons (Fsp3) is 0. The quantitative estimate of drug-likeness (QED) is 0.655. The Morgan fingerprint density at radius 1 is 1.11 bits per heavy atom. The summed E-state index contributed by atoms with van der Waals surface area (Å²) in [6, 6.07) is 10.0. The van der Waals surface area contributed by atoms with Gasteiger partial charge in [-0.15, -0.1) is 0 Å². The molecule has 0 fully saturated rings. The minimum absolute atomic E-state index is 0. The summed E-state index contributed by atoms with van der Waals surface area (Å²) in [5.74, 6) is 0. The number of benzene rings is 1. The first-order valence-corrected chi connectivity index (χ1v) is 2.61. The van der Waals surface area contributed by atoms with Crippen LogP contribution in [0.4, 0.5) is 0 Å². The van der Waals surface area contributed by atoms with E-state index >= 15 is 0 Å². The Morgan fingerprint density at radius 2 is 1.67 bits per heavy atom. The van der Waals surface area contributed by atoms with E-state index in [9.17, 15) is 0 Å². The SMILES string of the molecule is C=Cc1ccccc1.[BaH2]. The average Bonchev–Trinajstić information content (AvgIpc) is 1.90. The molecule has 44 valence electrons. The molecule has 0 atom stereocenters. The van der Waals surface area contributed by atoms with Crippen LogP contribution < -0.4 is 0 Å². The molecule has 0 nitrogen and oxygen atoms in total. The van der Waals surface area contributed by atoms with Gasteiger partial charge in [0.05, 0.1) is 0 Å². The van der Waals surface area contributed by atoms with Crippen LogP contribution in [0.1, 0.15) is 5.56 Å². The molecular weight excluding hydrogens is 233 g/mol. The Labute approximate surface area is 96.0 Å². The van der Waals surface area contributed by atoms with Crippen LogP contribution in [0.5, 0.6) is 0 Å². The number of hydrogen-bond donors (Lipinski definition) is 0. The second-order valence-corrected chi connectivity index (χ2v) is 1.61. The van der Waals surface area contributed by atoms with Gasteiger partial charge in [-0.25, -0.2) is 0 Å². The molecule has 0 amide bonds. The van der Waals surface area contributed by atoms with Crippen LogP contribution in [0.2, 0.25) is 0 Å². The van der Waals surface area contributed by atoms with Crippen molar-refractivity contribution >= 4 is 55.0 Å². The third-order valence-corrected chi connectivity index (χ3v) is 1.04. The van der Waals surface area contributed by atoms with Crippen molar-refractivity contribution in [2.45, 2.75) is 0 Å². The zero-order chi connectivity index (χ0) is 5.82. The van der Waals surface area contributed by atoms with E-state index in [1.807, 2.05) is 36.4 Å². The minimum atomic E-state index is 0. The Hall–Kier alpha value is 0.531. The fourth-order valence-corrected chi connectivity index (χ4v) is 0.589. The molecule has 0 saturated heterocycles.